The Morgan fingerprint density at radius 1 is 1.18 bits per heavy atom. The lowest BCUT2D eigenvalue weighted by atomic mass is 9.98. The predicted molar refractivity (Wildman–Crippen MR) is 151 cm³/mol. The van der Waals surface area contributed by atoms with E-state index in [9.17, 15) is 9.59 Å². The molecule has 0 amide bonds. The molecular weight excluding hydrogens is 508 g/mol. The maximum atomic E-state index is 13.5. The Bertz CT molecular complexity index is 1650. The first-order valence-electron chi connectivity index (χ1n) is 13.8. The lowest BCUT2D eigenvalue weighted by Crippen LogP contribution is -2.30. The molecule has 4 aromatic rings. The molecular formula is C30H34N6O4. The number of rotatable bonds is 9. The van der Waals surface area contributed by atoms with Crippen molar-refractivity contribution in [3.05, 3.63) is 64.3 Å². The Balaban J connectivity index is 1.26. The van der Waals surface area contributed by atoms with Crippen LogP contribution in [0.1, 0.15) is 57.3 Å². The summed E-state index contributed by atoms with van der Waals surface area (Å²) >= 11 is 0. The van der Waals surface area contributed by atoms with E-state index in [-0.39, 0.29) is 29.3 Å². The van der Waals surface area contributed by atoms with Crippen LogP contribution in [0, 0.1) is 5.92 Å². The molecule has 1 saturated heterocycles. The van der Waals surface area contributed by atoms with E-state index in [0.717, 1.165) is 36.0 Å². The minimum absolute atomic E-state index is 0.0442. The first-order chi connectivity index (χ1) is 19.1. The molecule has 1 aliphatic heterocycles. The van der Waals surface area contributed by atoms with Crippen LogP contribution < -0.4 is 15.6 Å². The molecule has 0 radical (unpaired) electrons. The molecule has 2 aliphatic rings. The van der Waals surface area contributed by atoms with Crippen LogP contribution in [0.25, 0.3) is 11.0 Å². The SMILES string of the molecule is CC(=O)Cc1cc(Oc2ccc3nc(Nc4cc(C5CC5)nn(C[C@H]5COC(C)(C)C5)c4=O)n(C)c3c2)ccn1. The van der Waals surface area contributed by atoms with Gasteiger partial charge in [-0.3, -0.25) is 14.6 Å². The van der Waals surface area contributed by atoms with E-state index in [1.165, 1.54) is 6.92 Å². The van der Waals surface area contributed by atoms with Crippen molar-refractivity contribution in [3.8, 4) is 11.5 Å². The quantitative estimate of drug-likeness (QED) is 0.318. The zero-order chi connectivity index (χ0) is 28.0. The third-order valence-electron chi connectivity index (χ3n) is 7.46. The molecule has 1 aromatic carbocycles. The number of fused-ring (bicyclic) bond motifs is 1. The number of hydrogen-bond donors (Lipinski definition) is 1. The van der Waals surface area contributed by atoms with Crippen molar-refractivity contribution < 1.29 is 14.3 Å². The zero-order valence-electron chi connectivity index (χ0n) is 23.3. The number of aromatic nitrogens is 5. The van der Waals surface area contributed by atoms with E-state index < -0.39 is 0 Å². The second-order valence-corrected chi connectivity index (χ2v) is 11.6. The molecule has 40 heavy (non-hydrogen) atoms. The maximum absolute atomic E-state index is 13.5. The lowest BCUT2D eigenvalue weighted by molar-refractivity contribution is -0.116. The van der Waals surface area contributed by atoms with Crippen molar-refractivity contribution >= 4 is 28.5 Å². The highest BCUT2D eigenvalue weighted by Crippen LogP contribution is 2.39. The van der Waals surface area contributed by atoms with Crippen LogP contribution in [0.15, 0.2) is 47.4 Å². The number of pyridine rings is 1. The van der Waals surface area contributed by atoms with Gasteiger partial charge in [0.15, 0.2) is 0 Å². The largest absolute Gasteiger partial charge is 0.457 e. The van der Waals surface area contributed by atoms with Gasteiger partial charge in [0.1, 0.15) is 23.0 Å². The molecule has 3 aromatic heterocycles. The van der Waals surface area contributed by atoms with Crippen LogP contribution in [-0.4, -0.2) is 42.3 Å². The third-order valence-corrected chi connectivity index (χ3v) is 7.46. The van der Waals surface area contributed by atoms with Gasteiger partial charge in [-0.2, -0.15) is 5.10 Å². The van der Waals surface area contributed by atoms with Gasteiger partial charge in [0, 0.05) is 43.6 Å². The first kappa shape index (κ1) is 26.2. The molecule has 10 heteroatoms. The highest BCUT2D eigenvalue weighted by molar-refractivity contribution is 5.81. The third kappa shape index (κ3) is 5.62. The summed E-state index contributed by atoms with van der Waals surface area (Å²) in [5.74, 6) is 2.48. The summed E-state index contributed by atoms with van der Waals surface area (Å²) in [6, 6.07) is 11.0. The molecule has 0 spiro atoms. The van der Waals surface area contributed by atoms with Gasteiger partial charge in [0.25, 0.3) is 5.56 Å². The fourth-order valence-corrected chi connectivity index (χ4v) is 5.35. The van der Waals surface area contributed by atoms with Crippen molar-refractivity contribution in [2.45, 2.75) is 64.5 Å². The van der Waals surface area contributed by atoms with Gasteiger partial charge >= 0.3 is 0 Å². The monoisotopic (exact) mass is 542 g/mol. The Labute approximate surface area is 232 Å². The summed E-state index contributed by atoms with van der Waals surface area (Å²) in [6.45, 7) is 6.87. The number of imidazole rings is 1. The molecule has 0 unspecified atom stereocenters. The van der Waals surface area contributed by atoms with Crippen LogP contribution >= 0.6 is 0 Å². The van der Waals surface area contributed by atoms with Crippen LogP contribution in [0.4, 0.5) is 11.6 Å². The standard InChI is InChI=1S/C30H34N6O4/c1-18(37)11-21-12-23(9-10-31-21)40-22-7-8-24-27(13-22)35(4)29(32-24)33-26-14-25(20-5-6-20)34-36(28(26)38)16-19-15-30(2,3)39-17-19/h7-10,12-14,19-20H,5-6,11,15-17H2,1-4H3,(H,32,33)/t19-/m0/s1. The summed E-state index contributed by atoms with van der Waals surface area (Å²) in [6.07, 6.45) is 4.97. The number of carbonyl (C=O) groups excluding carboxylic acids is 1. The van der Waals surface area contributed by atoms with Gasteiger partial charge in [-0.05, 0) is 64.3 Å². The number of ether oxygens (including phenoxy) is 2. The summed E-state index contributed by atoms with van der Waals surface area (Å²) < 4.78 is 15.5. The minimum atomic E-state index is -0.173. The van der Waals surface area contributed by atoms with Crippen LogP contribution in [0.2, 0.25) is 0 Å². The topological polar surface area (TPSA) is 113 Å². The molecule has 6 rings (SSSR count). The van der Waals surface area contributed by atoms with Crippen molar-refractivity contribution in [1.82, 2.24) is 24.3 Å². The molecule has 2 fully saturated rings. The smallest absolute Gasteiger partial charge is 0.290 e. The van der Waals surface area contributed by atoms with Crippen molar-refractivity contribution in [2.75, 3.05) is 11.9 Å². The van der Waals surface area contributed by atoms with Gasteiger partial charge in [-0.15, -0.1) is 0 Å². The molecule has 4 heterocycles. The number of hydrogen-bond acceptors (Lipinski definition) is 8. The van der Waals surface area contributed by atoms with E-state index in [1.807, 2.05) is 35.9 Å². The predicted octanol–water partition coefficient (Wildman–Crippen LogP) is 4.88. The Morgan fingerprint density at radius 3 is 2.70 bits per heavy atom. The molecule has 1 atom stereocenters. The average Bonchev–Trinajstić information content (AvgIpc) is 3.63. The van der Waals surface area contributed by atoms with Crippen LogP contribution in [0.3, 0.4) is 0 Å². The van der Waals surface area contributed by atoms with E-state index in [0.29, 0.717) is 47.9 Å². The molecule has 1 saturated carbocycles. The Morgan fingerprint density at radius 2 is 1.98 bits per heavy atom. The molecule has 1 N–H and O–H groups in total. The second kappa shape index (κ2) is 10.2. The summed E-state index contributed by atoms with van der Waals surface area (Å²) in [5.41, 5.74) is 3.36. The number of Topliss-reactive ketones (excluding diaryl/α,β-unsaturated/α-hetero) is 1. The summed E-state index contributed by atoms with van der Waals surface area (Å²) in [5, 5.41) is 8.02. The van der Waals surface area contributed by atoms with E-state index in [2.05, 4.69) is 24.1 Å². The lowest BCUT2D eigenvalue weighted by Gasteiger charge is -2.16. The number of carbonyl (C=O) groups is 1. The molecule has 0 bridgehead atoms. The number of aryl methyl sites for hydroxylation is 1. The fourth-order valence-electron chi connectivity index (χ4n) is 5.35. The molecule has 10 nitrogen and oxygen atoms in total. The number of ketones is 1. The minimum Gasteiger partial charge on any atom is -0.457 e. The number of nitrogens with one attached hydrogen (secondary N) is 1. The van der Waals surface area contributed by atoms with Crippen molar-refractivity contribution in [2.24, 2.45) is 13.0 Å². The van der Waals surface area contributed by atoms with Gasteiger partial charge in [-0.1, -0.05) is 0 Å². The highest BCUT2D eigenvalue weighted by Gasteiger charge is 2.33. The number of benzene rings is 1. The summed E-state index contributed by atoms with van der Waals surface area (Å²) in [4.78, 5) is 34.0. The normalized spacial score (nSPS) is 18.2. The van der Waals surface area contributed by atoms with E-state index >= 15 is 0 Å². The maximum Gasteiger partial charge on any atom is 0.290 e. The van der Waals surface area contributed by atoms with Gasteiger partial charge in [-0.25, -0.2) is 9.67 Å². The zero-order valence-corrected chi connectivity index (χ0v) is 23.3. The van der Waals surface area contributed by atoms with Gasteiger partial charge in [0.2, 0.25) is 5.95 Å². The molecule has 1 aliphatic carbocycles. The van der Waals surface area contributed by atoms with Gasteiger partial charge in [0.05, 0.1) is 41.2 Å². The Hall–Kier alpha value is -4.05. The van der Waals surface area contributed by atoms with E-state index in [4.69, 9.17) is 19.6 Å². The molecule has 208 valence electrons. The van der Waals surface area contributed by atoms with Crippen LogP contribution in [-0.2, 0) is 29.5 Å². The van der Waals surface area contributed by atoms with Crippen molar-refractivity contribution in [1.29, 1.82) is 0 Å². The second-order valence-electron chi connectivity index (χ2n) is 11.6. The Kier molecular flexibility index (Phi) is 6.66. The summed E-state index contributed by atoms with van der Waals surface area (Å²) in [7, 11) is 1.90. The van der Waals surface area contributed by atoms with Gasteiger partial charge < -0.3 is 19.4 Å². The first-order valence-corrected chi connectivity index (χ1v) is 13.8. The highest BCUT2D eigenvalue weighted by atomic mass is 16.5. The fraction of sp³-hybridized carbons (Fsp3) is 0.433. The van der Waals surface area contributed by atoms with Crippen molar-refractivity contribution in [3.63, 3.8) is 0 Å². The van der Waals surface area contributed by atoms with Crippen LogP contribution in [0.5, 0.6) is 11.5 Å². The number of nitrogens with zero attached hydrogens (tertiary/aromatic N) is 5. The van der Waals surface area contributed by atoms with E-state index in [1.54, 1.807) is 23.0 Å². The average molecular weight is 543 g/mol. The number of anilines is 2.